The van der Waals surface area contributed by atoms with E-state index < -0.39 is 0 Å². The maximum atomic E-state index is 11.3. The molecule has 4 heteroatoms. The molecule has 0 atom stereocenters. The Balaban J connectivity index is 0.000000921. The van der Waals surface area contributed by atoms with E-state index in [1.54, 1.807) is 11.3 Å². The van der Waals surface area contributed by atoms with Crippen LogP contribution in [0.1, 0.15) is 34.6 Å². The summed E-state index contributed by atoms with van der Waals surface area (Å²) in [7, 11) is 0. The molecule has 15 heavy (non-hydrogen) atoms. The molecule has 0 bridgehead atoms. The van der Waals surface area contributed by atoms with Crippen molar-refractivity contribution in [2.24, 2.45) is 0 Å². The predicted molar refractivity (Wildman–Crippen MR) is 67.6 cm³/mol. The molecule has 3 nitrogen and oxygen atoms in total. The van der Waals surface area contributed by atoms with Crippen molar-refractivity contribution in [3.63, 3.8) is 0 Å². The van der Waals surface area contributed by atoms with Crippen molar-refractivity contribution in [2.75, 3.05) is 5.32 Å². The molecule has 0 saturated heterocycles. The van der Waals surface area contributed by atoms with Gasteiger partial charge < -0.3 is 10.6 Å². The zero-order valence-electron chi connectivity index (χ0n) is 10.0. The van der Waals surface area contributed by atoms with Gasteiger partial charge in [0.25, 0.3) is 0 Å². The number of hydrogen-bond acceptors (Lipinski definition) is 2. The van der Waals surface area contributed by atoms with Gasteiger partial charge in [0.1, 0.15) is 0 Å². The topological polar surface area (TPSA) is 41.1 Å². The zero-order chi connectivity index (χ0) is 11.9. The normalized spacial score (nSPS) is 9.93. The van der Waals surface area contributed by atoms with E-state index in [1.807, 2.05) is 51.4 Å². The van der Waals surface area contributed by atoms with Gasteiger partial charge in [0, 0.05) is 10.9 Å². The summed E-state index contributed by atoms with van der Waals surface area (Å²) in [6.07, 6.45) is 0. The molecular formula is C11H20N2OS. The summed E-state index contributed by atoms with van der Waals surface area (Å²) in [5.41, 5.74) is 0.645. The van der Waals surface area contributed by atoms with Gasteiger partial charge in [-0.3, -0.25) is 0 Å². The van der Waals surface area contributed by atoms with Gasteiger partial charge in [0.15, 0.2) is 0 Å². The number of anilines is 1. The lowest BCUT2D eigenvalue weighted by Crippen LogP contribution is -2.43. The van der Waals surface area contributed by atoms with Gasteiger partial charge in [-0.1, -0.05) is 13.8 Å². The average Bonchev–Trinajstić information content (AvgIpc) is 2.57. The van der Waals surface area contributed by atoms with Gasteiger partial charge in [0.05, 0.1) is 5.69 Å². The lowest BCUT2D eigenvalue weighted by molar-refractivity contribution is 0.244. The van der Waals surface area contributed by atoms with Crippen LogP contribution in [-0.2, 0) is 0 Å². The maximum Gasteiger partial charge on any atom is 0.319 e. The molecule has 0 fully saturated rings. The number of carbonyl (C=O) groups excluding carboxylic acids is 1. The highest BCUT2D eigenvalue weighted by Crippen LogP contribution is 2.11. The molecule has 1 aromatic rings. The van der Waals surface area contributed by atoms with Crippen LogP contribution in [0.15, 0.2) is 16.8 Å². The van der Waals surface area contributed by atoms with Crippen LogP contribution in [0, 0.1) is 0 Å². The van der Waals surface area contributed by atoms with Crippen LogP contribution in [0.2, 0.25) is 0 Å². The Labute approximate surface area is 95.9 Å². The Morgan fingerprint density at radius 1 is 1.33 bits per heavy atom. The minimum Gasteiger partial charge on any atom is -0.333 e. The molecule has 0 saturated carbocycles. The van der Waals surface area contributed by atoms with Crippen molar-refractivity contribution in [2.45, 2.75) is 40.2 Å². The van der Waals surface area contributed by atoms with Crippen LogP contribution >= 0.6 is 11.3 Å². The van der Waals surface area contributed by atoms with E-state index in [-0.39, 0.29) is 11.6 Å². The van der Waals surface area contributed by atoms with Crippen LogP contribution in [-0.4, -0.2) is 11.6 Å². The molecule has 2 N–H and O–H groups in total. The first-order valence-electron chi connectivity index (χ1n) is 5.09. The SMILES string of the molecule is CC.CC(C)(C)NC(=O)Nc1ccsc1. The monoisotopic (exact) mass is 228 g/mol. The second-order valence-electron chi connectivity index (χ2n) is 3.84. The standard InChI is InChI=1S/C9H14N2OS.C2H6/c1-9(2,3)11-8(12)10-7-4-5-13-6-7;1-2/h4-6H,1-3H3,(H2,10,11,12);1-2H3. The van der Waals surface area contributed by atoms with E-state index in [9.17, 15) is 4.79 Å². The Morgan fingerprint density at radius 2 is 1.93 bits per heavy atom. The molecule has 0 unspecified atom stereocenters. The van der Waals surface area contributed by atoms with Gasteiger partial charge in [-0.2, -0.15) is 11.3 Å². The molecule has 0 aromatic carbocycles. The smallest absolute Gasteiger partial charge is 0.319 e. The van der Waals surface area contributed by atoms with Gasteiger partial charge in [-0.25, -0.2) is 4.79 Å². The van der Waals surface area contributed by atoms with Gasteiger partial charge in [-0.15, -0.1) is 0 Å². The van der Waals surface area contributed by atoms with Crippen molar-refractivity contribution in [3.05, 3.63) is 16.8 Å². The molecule has 0 spiro atoms. The molecule has 1 rings (SSSR count). The third-order valence-corrected chi connectivity index (χ3v) is 1.95. The predicted octanol–water partition coefficient (Wildman–Crippen LogP) is 3.69. The fraction of sp³-hybridized carbons (Fsp3) is 0.545. The number of urea groups is 1. The average molecular weight is 228 g/mol. The highest BCUT2D eigenvalue weighted by molar-refractivity contribution is 7.08. The van der Waals surface area contributed by atoms with Crippen molar-refractivity contribution in [3.8, 4) is 0 Å². The number of hydrogen-bond donors (Lipinski definition) is 2. The van der Waals surface area contributed by atoms with E-state index >= 15 is 0 Å². The number of carbonyl (C=O) groups is 1. The van der Waals surface area contributed by atoms with E-state index in [0.29, 0.717) is 0 Å². The van der Waals surface area contributed by atoms with Crippen LogP contribution in [0.5, 0.6) is 0 Å². The summed E-state index contributed by atoms with van der Waals surface area (Å²) in [6.45, 7) is 9.83. The summed E-state index contributed by atoms with van der Waals surface area (Å²) in [5.74, 6) is 0. The summed E-state index contributed by atoms with van der Waals surface area (Å²) < 4.78 is 0. The molecule has 1 aromatic heterocycles. The summed E-state index contributed by atoms with van der Waals surface area (Å²) in [5, 5.41) is 9.37. The number of rotatable bonds is 1. The first-order chi connectivity index (χ1) is 6.97. The minimum atomic E-state index is -0.194. The first-order valence-corrected chi connectivity index (χ1v) is 6.03. The second-order valence-corrected chi connectivity index (χ2v) is 4.62. The molecule has 86 valence electrons. The molecule has 0 aliphatic heterocycles. The first kappa shape index (κ1) is 14.0. The van der Waals surface area contributed by atoms with Crippen molar-refractivity contribution in [1.82, 2.24) is 5.32 Å². The number of thiophene rings is 1. The van der Waals surface area contributed by atoms with Crippen LogP contribution < -0.4 is 10.6 Å². The van der Waals surface area contributed by atoms with E-state index in [1.165, 1.54) is 0 Å². The zero-order valence-corrected chi connectivity index (χ0v) is 10.9. The summed E-state index contributed by atoms with van der Waals surface area (Å²) >= 11 is 1.56. The third kappa shape index (κ3) is 6.96. The third-order valence-electron chi connectivity index (χ3n) is 1.27. The number of nitrogens with one attached hydrogen (secondary N) is 2. The lowest BCUT2D eigenvalue weighted by Gasteiger charge is -2.20. The molecule has 2 amide bonds. The largest absolute Gasteiger partial charge is 0.333 e. The Kier molecular flexibility index (Phi) is 6.01. The van der Waals surface area contributed by atoms with E-state index in [0.717, 1.165) is 5.69 Å². The molecule has 0 aliphatic rings. The molecule has 1 heterocycles. The van der Waals surface area contributed by atoms with Crippen LogP contribution in [0.3, 0.4) is 0 Å². The summed E-state index contributed by atoms with van der Waals surface area (Å²) in [6, 6.07) is 1.71. The highest BCUT2D eigenvalue weighted by atomic mass is 32.1. The van der Waals surface area contributed by atoms with Gasteiger partial charge in [0.2, 0.25) is 0 Å². The van der Waals surface area contributed by atoms with Crippen LogP contribution in [0.4, 0.5) is 10.5 Å². The Bertz CT molecular complexity index is 275. The quantitative estimate of drug-likeness (QED) is 0.756. The maximum absolute atomic E-state index is 11.3. The highest BCUT2D eigenvalue weighted by Gasteiger charge is 2.13. The Morgan fingerprint density at radius 3 is 2.33 bits per heavy atom. The Hall–Kier alpha value is -1.03. The van der Waals surface area contributed by atoms with E-state index in [2.05, 4.69) is 10.6 Å². The number of amides is 2. The second kappa shape index (κ2) is 6.45. The fourth-order valence-corrected chi connectivity index (χ4v) is 1.43. The molecule has 0 radical (unpaired) electrons. The van der Waals surface area contributed by atoms with Gasteiger partial charge >= 0.3 is 6.03 Å². The fourth-order valence-electron chi connectivity index (χ4n) is 0.839. The van der Waals surface area contributed by atoms with Gasteiger partial charge in [-0.05, 0) is 32.2 Å². The van der Waals surface area contributed by atoms with Crippen molar-refractivity contribution < 1.29 is 4.79 Å². The molecular weight excluding hydrogens is 208 g/mol. The summed E-state index contributed by atoms with van der Waals surface area (Å²) in [4.78, 5) is 11.3. The minimum absolute atomic E-state index is 0.161. The van der Waals surface area contributed by atoms with Crippen molar-refractivity contribution in [1.29, 1.82) is 0 Å². The van der Waals surface area contributed by atoms with Crippen molar-refractivity contribution >= 4 is 23.1 Å². The van der Waals surface area contributed by atoms with Crippen LogP contribution in [0.25, 0.3) is 0 Å². The lowest BCUT2D eigenvalue weighted by atomic mass is 10.1. The van der Waals surface area contributed by atoms with E-state index in [4.69, 9.17) is 0 Å². The molecule has 0 aliphatic carbocycles.